The van der Waals surface area contributed by atoms with Gasteiger partial charge >= 0.3 is 11.9 Å². The molecule has 0 bridgehead atoms. The molecule has 0 aromatic carbocycles. The summed E-state index contributed by atoms with van der Waals surface area (Å²) < 4.78 is 64.3. The van der Waals surface area contributed by atoms with Crippen LogP contribution in [0.15, 0.2) is 23.1 Å². The van der Waals surface area contributed by atoms with Crippen molar-refractivity contribution in [3.8, 4) is 17.6 Å². The van der Waals surface area contributed by atoms with Crippen LogP contribution in [0.2, 0.25) is 5.02 Å². The summed E-state index contributed by atoms with van der Waals surface area (Å²) in [4.78, 5) is 32.8. The molecule has 188 valence electrons. The first-order valence-corrected chi connectivity index (χ1v) is 10.1. The zero-order valence-corrected chi connectivity index (χ0v) is 18.8. The van der Waals surface area contributed by atoms with Crippen LogP contribution in [0, 0.1) is 5.82 Å². The third kappa shape index (κ3) is 5.68. The van der Waals surface area contributed by atoms with Crippen molar-refractivity contribution in [1.82, 2.24) is 24.3 Å². The molecule has 0 spiro atoms. The quantitative estimate of drug-likeness (QED) is 0.432. The minimum absolute atomic E-state index is 0.0267. The van der Waals surface area contributed by atoms with Crippen LogP contribution < -0.4 is 20.5 Å². The molecule has 0 radical (unpaired) electrons. The minimum atomic E-state index is -4.82. The summed E-state index contributed by atoms with van der Waals surface area (Å²) in [7, 11) is 1.33. The Morgan fingerprint density at radius 2 is 2.03 bits per heavy atom. The normalized spacial score (nSPS) is 11.4. The summed E-state index contributed by atoms with van der Waals surface area (Å²) in [5, 5.41) is 15.4. The van der Waals surface area contributed by atoms with E-state index in [1.807, 2.05) is 0 Å². The number of ether oxygens (including phenoxy) is 2. The van der Waals surface area contributed by atoms with Crippen molar-refractivity contribution in [2.24, 2.45) is 0 Å². The standard InChI is InChI=1S/C19H17ClF4N6O5/c1-3-29-13(7-31)28-30(18(29)33)15-11(21)4-9(17(27-15)35-8-19(22,23)24)16(32)26-12-6-25-14(34-2)5-10(12)20/h4-6,31H,3,7-8H2,1-2H3,(H,26,32). The zero-order valence-electron chi connectivity index (χ0n) is 18.1. The van der Waals surface area contributed by atoms with Crippen molar-refractivity contribution in [2.45, 2.75) is 26.3 Å². The lowest BCUT2D eigenvalue weighted by Crippen LogP contribution is -2.27. The molecule has 0 saturated heterocycles. The molecule has 35 heavy (non-hydrogen) atoms. The van der Waals surface area contributed by atoms with Gasteiger partial charge in [-0.25, -0.2) is 14.2 Å². The number of carbonyl (C=O) groups is 1. The molecule has 0 aliphatic rings. The number of nitrogens with one attached hydrogen (secondary N) is 1. The number of aliphatic hydroxyl groups is 1. The number of methoxy groups -OCH3 is 1. The van der Waals surface area contributed by atoms with Gasteiger partial charge in [0.05, 0.1) is 24.0 Å². The van der Waals surface area contributed by atoms with Crippen LogP contribution in [-0.4, -0.2) is 55.2 Å². The summed E-state index contributed by atoms with van der Waals surface area (Å²) >= 11 is 6.03. The van der Waals surface area contributed by atoms with Gasteiger partial charge in [-0.05, 0) is 13.0 Å². The van der Waals surface area contributed by atoms with E-state index in [-0.39, 0.29) is 29.0 Å². The van der Waals surface area contributed by atoms with Gasteiger partial charge in [0.1, 0.15) is 12.2 Å². The van der Waals surface area contributed by atoms with E-state index in [4.69, 9.17) is 16.3 Å². The number of nitrogens with zero attached hydrogens (tertiary/aromatic N) is 5. The predicted octanol–water partition coefficient (Wildman–Crippen LogP) is 2.33. The Labute approximate surface area is 198 Å². The molecular weight excluding hydrogens is 504 g/mol. The summed E-state index contributed by atoms with van der Waals surface area (Å²) in [6.45, 7) is -0.922. The van der Waals surface area contributed by atoms with Crippen LogP contribution >= 0.6 is 11.6 Å². The molecule has 3 rings (SSSR count). The second-order valence-electron chi connectivity index (χ2n) is 6.72. The fraction of sp³-hybridized carbons (Fsp3) is 0.316. The lowest BCUT2D eigenvalue weighted by atomic mass is 10.2. The van der Waals surface area contributed by atoms with E-state index in [0.29, 0.717) is 10.7 Å². The molecule has 2 N–H and O–H groups in total. The van der Waals surface area contributed by atoms with Gasteiger partial charge in [0.2, 0.25) is 11.8 Å². The van der Waals surface area contributed by atoms with Gasteiger partial charge in [0, 0.05) is 12.6 Å². The van der Waals surface area contributed by atoms with Gasteiger partial charge in [0.15, 0.2) is 24.1 Å². The maximum absolute atomic E-state index is 14.9. The van der Waals surface area contributed by atoms with E-state index >= 15 is 0 Å². The largest absolute Gasteiger partial charge is 0.481 e. The number of hydrogen-bond donors (Lipinski definition) is 2. The highest BCUT2D eigenvalue weighted by Crippen LogP contribution is 2.28. The van der Waals surface area contributed by atoms with E-state index in [1.165, 1.54) is 13.2 Å². The Morgan fingerprint density at radius 1 is 1.31 bits per heavy atom. The third-order valence-electron chi connectivity index (χ3n) is 4.42. The molecule has 0 aliphatic heterocycles. The zero-order chi connectivity index (χ0) is 25.9. The first-order chi connectivity index (χ1) is 16.5. The van der Waals surface area contributed by atoms with Crippen LogP contribution in [0.1, 0.15) is 23.1 Å². The van der Waals surface area contributed by atoms with Gasteiger partial charge in [0.25, 0.3) is 5.91 Å². The fourth-order valence-electron chi connectivity index (χ4n) is 2.85. The molecule has 11 nitrogen and oxygen atoms in total. The summed E-state index contributed by atoms with van der Waals surface area (Å²) in [6, 6.07) is 1.79. The van der Waals surface area contributed by atoms with Crippen molar-refractivity contribution in [3.63, 3.8) is 0 Å². The lowest BCUT2D eigenvalue weighted by molar-refractivity contribution is -0.154. The van der Waals surface area contributed by atoms with Gasteiger partial charge in [-0.1, -0.05) is 11.6 Å². The van der Waals surface area contributed by atoms with Crippen molar-refractivity contribution in [1.29, 1.82) is 0 Å². The molecule has 0 unspecified atom stereocenters. The number of halogens is 5. The average Bonchev–Trinajstić information content (AvgIpc) is 3.13. The Kier molecular flexibility index (Phi) is 7.60. The fourth-order valence-corrected chi connectivity index (χ4v) is 3.04. The summed E-state index contributed by atoms with van der Waals surface area (Å²) in [6.07, 6.45) is -3.71. The van der Waals surface area contributed by atoms with Gasteiger partial charge in [-0.15, -0.1) is 5.10 Å². The number of alkyl halides is 3. The summed E-state index contributed by atoms with van der Waals surface area (Å²) in [5.74, 6) is -4.19. The number of carbonyl (C=O) groups excluding carboxylic acids is 1. The number of pyridine rings is 2. The minimum Gasteiger partial charge on any atom is -0.481 e. The van der Waals surface area contributed by atoms with Gasteiger partial charge < -0.3 is 19.9 Å². The highest BCUT2D eigenvalue weighted by molar-refractivity contribution is 6.34. The molecule has 0 atom stereocenters. The average molecular weight is 521 g/mol. The van der Waals surface area contributed by atoms with Crippen LogP contribution in [-0.2, 0) is 13.2 Å². The van der Waals surface area contributed by atoms with Crippen molar-refractivity contribution < 1.29 is 36.9 Å². The van der Waals surface area contributed by atoms with Crippen LogP contribution in [0.4, 0.5) is 23.2 Å². The van der Waals surface area contributed by atoms with Crippen LogP contribution in [0.25, 0.3) is 5.82 Å². The first kappa shape index (κ1) is 25.9. The van der Waals surface area contributed by atoms with E-state index in [9.17, 15) is 32.3 Å². The molecule has 1 amide bonds. The Morgan fingerprint density at radius 3 is 2.57 bits per heavy atom. The number of anilines is 1. The van der Waals surface area contributed by atoms with E-state index in [2.05, 4.69) is 25.1 Å². The van der Waals surface area contributed by atoms with E-state index in [1.54, 1.807) is 6.92 Å². The lowest BCUT2D eigenvalue weighted by Gasteiger charge is -2.14. The molecular formula is C19H17ClF4N6O5. The summed E-state index contributed by atoms with van der Waals surface area (Å²) in [5.41, 5.74) is -1.71. The molecule has 16 heteroatoms. The maximum Gasteiger partial charge on any atom is 0.422 e. The molecule has 0 aliphatic carbocycles. The molecule has 3 aromatic heterocycles. The Bertz CT molecular complexity index is 1310. The number of aliphatic hydroxyl groups excluding tert-OH is 1. The monoisotopic (exact) mass is 520 g/mol. The molecule has 3 heterocycles. The van der Waals surface area contributed by atoms with Crippen LogP contribution in [0.5, 0.6) is 11.8 Å². The topological polar surface area (TPSA) is 133 Å². The second kappa shape index (κ2) is 10.3. The number of aromatic nitrogens is 5. The molecule has 0 saturated carbocycles. The highest BCUT2D eigenvalue weighted by Gasteiger charge is 2.31. The number of rotatable bonds is 8. The SMILES string of the molecule is CCn1c(CO)nn(-c2nc(OCC(F)(F)F)c(C(=O)Nc3cnc(OC)cc3Cl)cc2F)c1=O. The number of hydrogen-bond acceptors (Lipinski definition) is 8. The van der Waals surface area contributed by atoms with Gasteiger partial charge in [-0.2, -0.15) is 22.8 Å². The Balaban J connectivity index is 2.08. The smallest absolute Gasteiger partial charge is 0.422 e. The Hall–Kier alpha value is -3.72. The second-order valence-corrected chi connectivity index (χ2v) is 7.13. The van der Waals surface area contributed by atoms with E-state index < -0.39 is 54.1 Å². The molecule has 0 fully saturated rings. The third-order valence-corrected chi connectivity index (χ3v) is 4.74. The predicted molar refractivity (Wildman–Crippen MR) is 112 cm³/mol. The molecule has 3 aromatic rings. The first-order valence-electron chi connectivity index (χ1n) is 9.70. The maximum atomic E-state index is 14.9. The van der Waals surface area contributed by atoms with Crippen LogP contribution in [0.3, 0.4) is 0 Å². The van der Waals surface area contributed by atoms with Crippen molar-refractivity contribution in [3.05, 3.63) is 51.0 Å². The van der Waals surface area contributed by atoms with Gasteiger partial charge in [-0.3, -0.25) is 9.36 Å². The highest BCUT2D eigenvalue weighted by atomic mass is 35.5. The van der Waals surface area contributed by atoms with Crippen molar-refractivity contribution in [2.75, 3.05) is 19.0 Å². The number of amides is 1. The van der Waals surface area contributed by atoms with Crippen molar-refractivity contribution >= 4 is 23.2 Å². The van der Waals surface area contributed by atoms with E-state index in [0.717, 1.165) is 10.8 Å².